The van der Waals surface area contributed by atoms with Crippen LogP contribution >= 0.6 is 11.6 Å². The van der Waals surface area contributed by atoms with Gasteiger partial charge in [-0.25, -0.2) is 4.98 Å². The summed E-state index contributed by atoms with van der Waals surface area (Å²) in [4.78, 5) is 4.19. The van der Waals surface area contributed by atoms with Crippen molar-refractivity contribution in [3.63, 3.8) is 0 Å². The molecule has 5 nitrogen and oxygen atoms in total. The molecule has 1 aromatic heterocycles. The molecule has 1 atom stereocenters. The van der Waals surface area contributed by atoms with Crippen molar-refractivity contribution in [2.45, 2.75) is 37.8 Å². The Hall–Kier alpha value is -0.880. The van der Waals surface area contributed by atoms with Gasteiger partial charge in [-0.2, -0.15) is 0 Å². The van der Waals surface area contributed by atoms with Crippen LogP contribution < -0.4 is 11.1 Å². The van der Waals surface area contributed by atoms with Crippen molar-refractivity contribution in [3.05, 3.63) is 22.8 Å². The highest BCUT2D eigenvalue weighted by atomic mass is 35.5. The molecule has 0 aliphatic carbocycles. The molecule has 1 aliphatic rings. The number of nitrogens with two attached hydrogens (primary N) is 1. The number of nitrogens with one attached hydrogen (secondary N) is 1. The topological polar surface area (TPSA) is 69.4 Å². The van der Waals surface area contributed by atoms with E-state index in [9.17, 15) is 0 Å². The van der Waals surface area contributed by atoms with Crippen molar-refractivity contribution >= 4 is 17.4 Å². The van der Waals surface area contributed by atoms with E-state index in [4.69, 9.17) is 26.8 Å². The van der Waals surface area contributed by atoms with Gasteiger partial charge < -0.3 is 20.5 Å². The van der Waals surface area contributed by atoms with Crippen LogP contribution in [0.25, 0.3) is 0 Å². The summed E-state index contributed by atoms with van der Waals surface area (Å²) in [6.07, 6.45) is 4.23. The molecule has 1 aliphatic heterocycles. The van der Waals surface area contributed by atoms with E-state index in [2.05, 4.69) is 17.2 Å². The third-order valence-corrected chi connectivity index (χ3v) is 4.30. The fraction of sp³-hybridized carbons (Fsp3) is 0.667. The number of pyridine rings is 1. The van der Waals surface area contributed by atoms with Crippen LogP contribution in [0.15, 0.2) is 12.3 Å². The average molecular weight is 314 g/mol. The van der Waals surface area contributed by atoms with Gasteiger partial charge >= 0.3 is 0 Å². The van der Waals surface area contributed by atoms with Crippen LogP contribution in [0, 0.1) is 0 Å². The molecule has 6 heteroatoms. The quantitative estimate of drug-likeness (QED) is 0.844. The first-order valence-electron chi connectivity index (χ1n) is 7.40. The number of methoxy groups -OCH3 is 1. The number of hydrogen-bond acceptors (Lipinski definition) is 5. The van der Waals surface area contributed by atoms with Crippen LogP contribution in [0.5, 0.6) is 0 Å². The highest BCUT2D eigenvalue weighted by molar-refractivity contribution is 6.30. The first-order chi connectivity index (χ1) is 10.1. The molecule has 1 saturated heterocycles. The summed E-state index contributed by atoms with van der Waals surface area (Å²) in [5.74, 6) is 0.496. The molecule has 2 rings (SSSR count). The maximum atomic E-state index is 6.11. The van der Waals surface area contributed by atoms with Crippen LogP contribution in [-0.2, 0) is 9.47 Å². The summed E-state index contributed by atoms with van der Waals surface area (Å²) in [5.41, 5.74) is 6.65. The van der Waals surface area contributed by atoms with Crippen LogP contribution in [0.1, 0.15) is 37.8 Å². The molecule has 21 heavy (non-hydrogen) atoms. The Balaban J connectivity index is 2.38. The number of hydrogen-bond donors (Lipinski definition) is 2. The highest BCUT2D eigenvalue weighted by Crippen LogP contribution is 2.39. The zero-order chi connectivity index (χ0) is 15.3. The number of nitrogen functional groups attached to an aromatic ring is 1. The van der Waals surface area contributed by atoms with Gasteiger partial charge in [0.1, 0.15) is 5.82 Å². The second-order valence-corrected chi connectivity index (χ2v) is 5.83. The lowest BCUT2D eigenvalue weighted by atomic mass is 9.82. The van der Waals surface area contributed by atoms with E-state index in [-0.39, 0.29) is 11.6 Å². The second-order valence-electron chi connectivity index (χ2n) is 5.40. The predicted octanol–water partition coefficient (Wildman–Crippen LogP) is 2.55. The number of nitrogens with zero attached hydrogens (tertiary/aromatic N) is 1. The minimum absolute atomic E-state index is 0.0439. The van der Waals surface area contributed by atoms with Crippen molar-refractivity contribution in [1.29, 1.82) is 0 Å². The largest absolute Gasteiger partial charge is 0.383 e. The van der Waals surface area contributed by atoms with Gasteiger partial charge in [-0.15, -0.1) is 0 Å². The van der Waals surface area contributed by atoms with Crippen LogP contribution in [0.2, 0.25) is 5.02 Å². The van der Waals surface area contributed by atoms with Crippen LogP contribution in [0.3, 0.4) is 0 Å². The molecule has 1 unspecified atom stereocenters. The lowest BCUT2D eigenvalue weighted by molar-refractivity contribution is -0.111. The smallest absolute Gasteiger partial charge is 0.128 e. The predicted molar refractivity (Wildman–Crippen MR) is 84.5 cm³/mol. The maximum absolute atomic E-state index is 6.11. The summed E-state index contributed by atoms with van der Waals surface area (Å²) >= 11 is 6.11. The van der Waals surface area contributed by atoms with E-state index in [0.717, 1.165) is 31.4 Å². The molecule has 3 N–H and O–H groups in total. The first-order valence-corrected chi connectivity index (χ1v) is 7.78. The Morgan fingerprint density at radius 2 is 2.24 bits per heavy atom. The van der Waals surface area contributed by atoms with E-state index in [0.29, 0.717) is 24.1 Å². The van der Waals surface area contributed by atoms with E-state index < -0.39 is 0 Å². The highest BCUT2D eigenvalue weighted by Gasteiger charge is 2.42. The number of aromatic nitrogens is 1. The Bertz CT molecular complexity index is 464. The molecule has 0 bridgehead atoms. The van der Waals surface area contributed by atoms with E-state index in [1.165, 1.54) is 0 Å². The molecule has 2 heterocycles. The monoisotopic (exact) mass is 313 g/mol. The van der Waals surface area contributed by atoms with Crippen LogP contribution in [-0.4, -0.2) is 37.5 Å². The standard InChI is InChI=1S/C15H24ClN3O2/c1-3-6-18-13(12-9-11(16)10-19-14(12)17)15(20-2)4-7-21-8-5-15/h9-10,13,18H,3-8H2,1-2H3,(H2,17,19). The van der Waals surface area contributed by atoms with Crippen LogP contribution in [0.4, 0.5) is 5.82 Å². The molecular weight excluding hydrogens is 290 g/mol. The van der Waals surface area contributed by atoms with E-state index in [1.54, 1.807) is 13.3 Å². The van der Waals surface area contributed by atoms with Gasteiger partial charge in [0, 0.05) is 44.9 Å². The zero-order valence-electron chi connectivity index (χ0n) is 12.7. The van der Waals surface area contributed by atoms with Gasteiger partial charge in [0.05, 0.1) is 16.7 Å². The third-order valence-electron chi connectivity index (χ3n) is 4.10. The normalized spacial score (nSPS) is 19.4. The molecule has 0 amide bonds. The SMILES string of the molecule is CCCNC(c1cc(Cl)cnc1N)C1(OC)CCOCC1. The van der Waals surface area contributed by atoms with E-state index in [1.807, 2.05) is 6.07 Å². The molecule has 118 valence electrons. The second kappa shape index (κ2) is 7.40. The van der Waals surface area contributed by atoms with Crippen molar-refractivity contribution in [2.24, 2.45) is 0 Å². The fourth-order valence-corrected chi connectivity index (χ4v) is 3.06. The van der Waals surface area contributed by atoms with Crippen molar-refractivity contribution in [1.82, 2.24) is 10.3 Å². The Kier molecular flexibility index (Phi) is 5.81. The van der Waals surface area contributed by atoms with Gasteiger partial charge in [-0.1, -0.05) is 18.5 Å². The summed E-state index contributed by atoms with van der Waals surface area (Å²) in [6.45, 7) is 4.38. The van der Waals surface area contributed by atoms with Crippen molar-refractivity contribution in [2.75, 3.05) is 32.6 Å². The van der Waals surface area contributed by atoms with Crippen molar-refractivity contribution in [3.8, 4) is 0 Å². The Labute approximate surface area is 131 Å². The van der Waals surface area contributed by atoms with Crippen molar-refractivity contribution < 1.29 is 9.47 Å². The lowest BCUT2D eigenvalue weighted by Gasteiger charge is -2.43. The molecule has 0 saturated carbocycles. The van der Waals surface area contributed by atoms with E-state index >= 15 is 0 Å². The molecule has 0 radical (unpaired) electrons. The molecule has 1 fully saturated rings. The Morgan fingerprint density at radius 3 is 2.86 bits per heavy atom. The minimum Gasteiger partial charge on any atom is -0.383 e. The Morgan fingerprint density at radius 1 is 1.52 bits per heavy atom. The number of anilines is 1. The summed E-state index contributed by atoms with van der Waals surface area (Å²) in [5, 5.41) is 4.14. The summed E-state index contributed by atoms with van der Waals surface area (Å²) in [6, 6.07) is 1.84. The average Bonchev–Trinajstić information content (AvgIpc) is 2.51. The number of ether oxygens (including phenoxy) is 2. The molecule has 1 aromatic rings. The van der Waals surface area contributed by atoms with Gasteiger partial charge in [0.2, 0.25) is 0 Å². The molecular formula is C15H24ClN3O2. The van der Waals surface area contributed by atoms with Gasteiger partial charge in [-0.3, -0.25) is 0 Å². The third kappa shape index (κ3) is 3.66. The van der Waals surface area contributed by atoms with Gasteiger partial charge in [0.25, 0.3) is 0 Å². The summed E-state index contributed by atoms with van der Waals surface area (Å²) in [7, 11) is 1.75. The van der Waals surface area contributed by atoms with Gasteiger partial charge in [-0.05, 0) is 19.0 Å². The maximum Gasteiger partial charge on any atom is 0.128 e. The summed E-state index contributed by atoms with van der Waals surface area (Å²) < 4.78 is 11.4. The number of halogens is 1. The zero-order valence-corrected chi connectivity index (χ0v) is 13.4. The first kappa shape index (κ1) is 16.5. The van der Waals surface area contributed by atoms with Gasteiger partial charge in [0.15, 0.2) is 0 Å². The minimum atomic E-state index is -0.339. The molecule has 0 aromatic carbocycles. The molecule has 0 spiro atoms. The fourth-order valence-electron chi connectivity index (χ4n) is 2.89. The number of rotatable bonds is 6. The lowest BCUT2D eigenvalue weighted by Crippen LogP contribution is -2.49.